The maximum Gasteiger partial charge on any atom is 0.407 e. The van der Waals surface area contributed by atoms with Gasteiger partial charge in [0.2, 0.25) is 5.91 Å². The van der Waals surface area contributed by atoms with Gasteiger partial charge in [-0.2, -0.15) is 5.10 Å². The van der Waals surface area contributed by atoms with Gasteiger partial charge >= 0.3 is 6.09 Å². The maximum atomic E-state index is 14.8. The minimum absolute atomic E-state index is 0.0504. The number of halogens is 1. The highest BCUT2D eigenvalue weighted by Crippen LogP contribution is 2.52. The molecule has 2 amide bonds. The minimum atomic E-state index is -0.724. The molecule has 2 aliphatic rings. The monoisotopic (exact) mass is 726 g/mol. The number of aromatic nitrogens is 4. The van der Waals surface area contributed by atoms with Gasteiger partial charge in [0.15, 0.2) is 0 Å². The van der Waals surface area contributed by atoms with Gasteiger partial charge in [0, 0.05) is 11.6 Å². The van der Waals surface area contributed by atoms with Crippen LogP contribution in [0.4, 0.5) is 4.79 Å². The van der Waals surface area contributed by atoms with Crippen molar-refractivity contribution in [3.63, 3.8) is 0 Å². The molecule has 2 aliphatic carbocycles. The molecule has 0 spiro atoms. The van der Waals surface area contributed by atoms with Crippen molar-refractivity contribution in [3.8, 4) is 0 Å². The number of rotatable bonds is 7. The number of hydrogen-bond acceptors (Lipinski definition) is 8. The largest absolute Gasteiger partial charge is 0.444 e. The van der Waals surface area contributed by atoms with Gasteiger partial charge in [0.1, 0.15) is 10.6 Å². The Hall–Kier alpha value is -3.39. The summed E-state index contributed by atoms with van der Waals surface area (Å²) in [7, 11) is 0. The number of benzene rings is 1. The van der Waals surface area contributed by atoms with Crippen LogP contribution in [0.3, 0.4) is 0 Å². The summed E-state index contributed by atoms with van der Waals surface area (Å²) in [6.07, 6.45) is 5.40. The van der Waals surface area contributed by atoms with Gasteiger partial charge in [-0.3, -0.25) is 14.6 Å². The van der Waals surface area contributed by atoms with E-state index in [4.69, 9.17) is 14.7 Å². The van der Waals surface area contributed by atoms with Crippen molar-refractivity contribution in [1.82, 2.24) is 30.4 Å². The highest BCUT2D eigenvalue weighted by atomic mass is 127. The third-order valence-corrected chi connectivity index (χ3v) is 10.6. The fourth-order valence-corrected chi connectivity index (χ4v) is 7.67. The molecule has 0 aliphatic heterocycles. The van der Waals surface area contributed by atoms with Gasteiger partial charge in [0.05, 0.1) is 49.9 Å². The van der Waals surface area contributed by atoms with Crippen LogP contribution in [0, 0.1) is 9.81 Å². The van der Waals surface area contributed by atoms with Crippen molar-refractivity contribution in [1.29, 1.82) is 0 Å². The highest BCUT2D eigenvalue weighted by Gasteiger charge is 2.54. The molecule has 0 saturated heterocycles. The number of alkyl carbamates (subject to hydrolysis) is 1. The predicted octanol–water partition coefficient (Wildman–Crippen LogP) is 5.85. The van der Waals surface area contributed by atoms with Crippen molar-refractivity contribution >= 4 is 56.7 Å². The number of hydrogen-bond donors (Lipinski definition) is 2. The third kappa shape index (κ3) is 6.10. The van der Waals surface area contributed by atoms with E-state index in [1.54, 1.807) is 38.2 Å². The van der Waals surface area contributed by atoms with E-state index in [1.165, 1.54) is 5.56 Å². The van der Waals surface area contributed by atoms with Gasteiger partial charge in [-0.1, -0.05) is 12.1 Å². The number of fused-ring (bicyclic) bond motifs is 2. The average Bonchev–Trinajstić information content (AvgIpc) is 3.74. The van der Waals surface area contributed by atoms with Gasteiger partial charge in [-0.05, 0) is 112 Å². The topological polar surface area (TPSA) is 130 Å². The molecule has 44 heavy (non-hydrogen) atoms. The summed E-state index contributed by atoms with van der Waals surface area (Å²) >= 11 is 3.92. The molecule has 4 aromatic rings. The van der Waals surface area contributed by atoms with Crippen LogP contribution < -0.4 is 10.9 Å². The number of ether oxygens (including phenoxy) is 1. The van der Waals surface area contributed by atoms with E-state index < -0.39 is 17.1 Å². The van der Waals surface area contributed by atoms with E-state index >= 15 is 0 Å². The number of nitrogens with one attached hydrogen (secondary N) is 2. The van der Waals surface area contributed by atoms with Gasteiger partial charge in [0.25, 0.3) is 5.56 Å². The fourth-order valence-electron chi connectivity index (χ4n) is 6.00. The highest BCUT2D eigenvalue weighted by molar-refractivity contribution is 14.1. The summed E-state index contributed by atoms with van der Waals surface area (Å²) < 4.78 is 6.49. The lowest BCUT2D eigenvalue weighted by Gasteiger charge is -2.37. The zero-order valence-corrected chi connectivity index (χ0v) is 28.2. The Morgan fingerprint density at radius 2 is 2.02 bits per heavy atom. The predicted molar refractivity (Wildman–Crippen MR) is 176 cm³/mol. The molecule has 0 bridgehead atoms. The first-order valence-corrected chi connectivity index (χ1v) is 16.7. The van der Waals surface area contributed by atoms with Crippen molar-refractivity contribution in [2.24, 2.45) is 0 Å². The maximum absolute atomic E-state index is 14.8. The molecular weight excluding hydrogens is 691 g/mol. The first-order valence-electron chi connectivity index (χ1n) is 14.8. The quantitative estimate of drug-likeness (QED) is 0.229. The Labute approximate surface area is 273 Å². The summed E-state index contributed by atoms with van der Waals surface area (Å²) in [5.74, 6) is 0.0504. The van der Waals surface area contributed by atoms with E-state index in [0.29, 0.717) is 35.9 Å². The number of amides is 2. The summed E-state index contributed by atoms with van der Waals surface area (Å²) in [4.78, 5) is 51.4. The molecule has 1 unspecified atom stereocenters. The molecule has 2 N–H and O–H groups in total. The summed E-state index contributed by atoms with van der Waals surface area (Å²) in [6, 6.07) is 9.46. The number of carbonyl (C=O) groups excluding carboxylic acids is 2. The molecule has 10 nitrogen and oxygen atoms in total. The summed E-state index contributed by atoms with van der Waals surface area (Å²) in [6.45, 7) is 7.84. The average molecular weight is 727 g/mol. The van der Waals surface area contributed by atoms with E-state index in [2.05, 4.69) is 44.2 Å². The number of pyridine rings is 1. The van der Waals surface area contributed by atoms with Crippen LogP contribution in [-0.4, -0.2) is 42.7 Å². The van der Waals surface area contributed by atoms with Gasteiger partial charge in [-0.25, -0.2) is 14.9 Å². The van der Waals surface area contributed by atoms with E-state index in [0.717, 1.165) is 44.1 Å². The number of carbonyl (C=O) groups is 2. The molecule has 1 aromatic carbocycles. The first-order chi connectivity index (χ1) is 20.9. The molecule has 3 heterocycles. The molecule has 6 rings (SSSR count). The fraction of sp³-hybridized carbons (Fsp3) is 0.438. The summed E-state index contributed by atoms with van der Waals surface area (Å²) in [5, 5.41) is 11.5. The second-order valence-corrected chi connectivity index (χ2v) is 15.4. The molecule has 3 aromatic heterocycles. The van der Waals surface area contributed by atoms with E-state index in [9.17, 15) is 14.4 Å². The van der Waals surface area contributed by atoms with Crippen LogP contribution >= 0.6 is 33.9 Å². The molecule has 12 heteroatoms. The van der Waals surface area contributed by atoms with Crippen molar-refractivity contribution in [2.45, 2.75) is 89.9 Å². The lowest BCUT2D eigenvalue weighted by atomic mass is 9.87. The molecule has 1 saturated carbocycles. The SMILES string of the molecule is Cc1nc(CN(C(=O)C2(c3ccc4c(=O)[nH]nc(CNC(=O)OC(C)(C)C)c4c3)CC2)C2CCCc3cccnc32)sc1I. The Morgan fingerprint density at radius 3 is 2.73 bits per heavy atom. The second-order valence-electron chi connectivity index (χ2n) is 12.6. The Morgan fingerprint density at radius 1 is 1.23 bits per heavy atom. The standard InChI is InChI=1S/C32H35IN6O4S/c1-18-27(33)44-25(36-18)17-39(24-9-5-7-19-8-6-14-34-26(19)24)29(41)32(12-13-32)20-10-11-21-22(15-20)23(37-38-28(21)40)16-35-30(42)43-31(2,3)4/h6,8,10-11,14-15,24H,5,7,9,12-13,16-17H2,1-4H3,(H,35,42)(H,38,40). The molecular formula is C32H35IN6O4S. The zero-order chi connectivity index (χ0) is 31.2. The lowest BCUT2D eigenvalue weighted by Crippen LogP contribution is -2.42. The van der Waals surface area contributed by atoms with E-state index in [1.807, 2.05) is 36.2 Å². The van der Waals surface area contributed by atoms with Gasteiger partial charge in [-0.15, -0.1) is 11.3 Å². The van der Waals surface area contributed by atoms with Crippen LogP contribution in [-0.2, 0) is 34.5 Å². The normalized spacial score (nSPS) is 17.2. The number of thiazole rings is 1. The Bertz CT molecular complexity index is 1790. The number of H-pyrrole nitrogens is 1. The second kappa shape index (κ2) is 11.8. The third-order valence-electron chi connectivity index (χ3n) is 8.27. The lowest BCUT2D eigenvalue weighted by molar-refractivity contribution is -0.137. The molecule has 1 atom stereocenters. The van der Waals surface area contributed by atoms with Crippen LogP contribution in [0.1, 0.15) is 85.7 Å². The first kappa shape index (κ1) is 30.6. The smallest absolute Gasteiger partial charge is 0.407 e. The number of aryl methyl sites for hydroxylation is 2. The van der Waals surface area contributed by atoms with Crippen molar-refractivity contribution < 1.29 is 14.3 Å². The Balaban J connectivity index is 1.36. The van der Waals surface area contributed by atoms with Crippen LogP contribution in [0.5, 0.6) is 0 Å². The van der Waals surface area contributed by atoms with Gasteiger partial charge < -0.3 is 15.0 Å². The van der Waals surface area contributed by atoms with Crippen molar-refractivity contribution in [3.05, 3.63) is 83.0 Å². The summed E-state index contributed by atoms with van der Waals surface area (Å²) in [5.41, 5.74) is 2.76. The van der Waals surface area contributed by atoms with E-state index in [-0.39, 0.29) is 24.1 Å². The number of aromatic amines is 1. The van der Waals surface area contributed by atoms with Crippen LogP contribution in [0.2, 0.25) is 0 Å². The minimum Gasteiger partial charge on any atom is -0.444 e. The van der Waals surface area contributed by atoms with Crippen molar-refractivity contribution in [2.75, 3.05) is 0 Å². The Kier molecular flexibility index (Phi) is 8.24. The van der Waals surface area contributed by atoms with Crippen LogP contribution in [0.15, 0.2) is 41.3 Å². The zero-order valence-electron chi connectivity index (χ0n) is 25.2. The number of nitrogens with zero attached hydrogens (tertiary/aromatic N) is 4. The molecule has 1 fully saturated rings. The molecule has 230 valence electrons. The van der Waals surface area contributed by atoms with Crippen LogP contribution in [0.25, 0.3) is 10.8 Å². The molecule has 0 radical (unpaired) electrons.